The zero-order valence-electron chi connectivity index (χ0n) is 12.0. The van der Waals surface area contributed by atoms with Gasteiger partial charge in [-0.1, -0.05) is 62.7 Å². The topological polar surface area (TPSA) is 23.8 Å². The highest BCUT2D eigenvalue weighted by atomic mass is 14.2. The summed E-state index contributed by atoms with van der Waals surface area (Å²) in [6.45, 7) is 8.66. The molecule has 0 saturated carbocycles. The number of hydrogen-bond acceptors (Lipinski definition) is 1. The Bertz CT molecular complexity index is 622. The molecule has 0 aliphatic heterocycles. The van der Waals surface area contributed by atoms with E-state index < -0.39 is 0 Å². The summed E-state index contributed by atoms with van der Waals surface area (Å²) in [7, 11) is 0. The first-order chi connectivity index (χ1) is 8.91. The lowest BCUT2D eigenvalue weighted by Gasteiger charge is -2.19. The van der Waals surface area contributed by atoms with Crippen LogP contribution in [-0.4, -0.2) is 0 Å². The molecule has 0 saturated heterocycles. The lowest BCUT2D eigenvalue weighted by molar-refractivity contribution is 0.590. The van der Waals surface area contributed by atoms with Crippen molar-refractivity contribution < 1.29 is 0 Å². The smallest absolute Gasteiger partial charge is 0.0998 e. The number of benzene rings is 2. The molecule has 2 aromatic rings. The average molecular weight is 249 g/mol. The van der Waals surface area contributed by atoms with Gasteiger partial charge in [0.15, 0.2) is 0 Å². The molecule has 0 heterocycles. The van der Waals surface area contributed by atoms with Gasteiger partial charge in [0.05, 0.1) is 11.6 Å². The van der Waals surface area contributed by atoms with Crippen molar-refractivity contribution in [3.63, 3.8) is 0 Å². The number of hydrogen-bond donors (Lipinski definition) is 0. The second-order valence-corrected chi connectivity index (χ2v) is 5.99. The van der Waals surface area contributed by atoms with Crippen molar-refractivity contribution in [2.75, 3.05) is 0 Å². The van der Waals surface area contributed by atoms with Crippen molar-refractivity contribution in [2.24, 2.45) is 0 Å². The molecular weight excluding hydrogens is 230 g/mol. The van der Waals surface area contributed by atoms with Crippen LogP contribution in [0.15, 0.2) is 42.5 Å². The van der Waals surface area contributed by atoms with E-state index in [1.165, 1.54) is 11.1 Å². The van der Waals surface area contributed by atoms with Gasteiger partial charge in [-0.05, 0) is 35.1 Å². The quantitative estimate of drug-likeness (QED) is 0.710. The molecule has 0 spiro atoms. The van der Waals surface area contributed by atoms with Crippen LogP contribution in [0.5, 0.6) is 0 Å². The van der Waals surface area contributed by atoms with Crippen LogP contribution in [0.4, 0.5) is 0 Å². The van der Waals surface area contributed by atoms with Crippen LogP contribution in [0.25, 0.3) is 11.1 Å². The number of nitriles is 1. The Morgan fingerprint density at radius 1 is 0.947 bits per heavy atom. The van der Waals surface area contributed by atoms with Gasteiger partial charge in [0.2, 0.25) is 0 Å². The van der Waals surface area contributed by atoms with Crippen molar-refractivity contribution in [1.29, 1.82) is 5.26 Å². The average Bonchev–Trinajstić information content (AvgIpc) is 2.38. The second-order valence-electron chi connectivity index (χ2n) is 5.99. The van der Waals surface area contributed by atoms with Gasteiger partial charge in [0, 0.05) is 0 Å². The molecule has 0 atom stereocenters. The first-order valence-electron chi connectivity index (χ1n) is 6.53. The van der Waals surface area contributed by atoms with E-state index in [2.05, 4.69) is 57.2 Å². The highest BCUT2D eigenvalue weighted by Gasteiger charge is 2.13. The molecule has 0 fully saturated rings. The highest BCUT2D eigenvalue weighted by Crippen LogP contribution is 2.28. The lowest BCUT2D eigenvalue weighted by Crippen LogP contribution is -2.10. The van der Waals surface area contributed by atoms with E-state index in [9.17, 15) is 5.26 Å². The van der Waals surface area contributed by atoms with Gasteiger partial charge in [-0.25, -0.2) is 0 Å². The van der Waals surface area contributed by atoms with E-state index in [1.54, 1.807) is 0 Å². The Balaban J connectivity index is 2.49. The summed E-state index contributed by atoms with van der Waals surface area (Å²) in [5, 5.41) is 9.20. The summed E-state index contributed by atoms with van der Waals surface area (Å²) in [5.74, 6) is 0. The minimum Gasteiger partial charge on any atom is -0.192 e. The maximum atomic E-state index is 9.20. The van der Waals surface area contributed by atoms with E-state index in [0.29, 0.717) is 0 Å². The van der Waals surface area contributed by atoms with Gasteiger partial charge in [0.1, 0.15) is 0 Å². The predicted molar refractivity (Wildman–Crippen MR) is 80.0 cm³/mol. The third-order valence-electron chi connectivity index (χ3n) is 3.36. The van der Waals surface area contributed by atoms with Crippen LogP contribution in [0.1, 0.15) is 37.5 Å². The number of nitrogens with zero attached hydrogens (tertiary/aromatic N) is 1. The normalized spacial score (nSPS) is 11.1. The Kier molecular flexibility index (Phi) is 3.44. The van der Waals surface area contributed by atoms with Crippen molar-refractivity contribution in [3.8, 4) is 17.2 Å². The maximum absolute atomic E-state index is 9.20. The largest absolute Gasteiger partial charge is 0.192 e. The molecule has 0 aliphatic rings. The lowest BCUT2D eigenvalue weighted by atomic mass is 9.86. The molecule has 1 nitrogen and oxygen atoms in total. The van der Waals surface area contributed by atoms with E-state index in [1.807, 2.05) is 19.1 Å². The molecule has 0 bridgehead atoms. The first-order valence-corrected chi connectivity index (χ1v) is 6.53. The van der Waals surface area contributed by atoms with Crippen molar-refractivity contribution in [2.45, 2.75) is 33.1 Å². The summed E-state index contributed by atoms with van der Waals surface area (Å²) in [6.07, 6.45) is 0. The zero-order valence-corrected chi connectivity index (χ0v) is 12.0. The minimum atomic E-state index is 0.156. The Labute approximate surface area is 115 Å². The van der Waals surface area contributed by atoms with E-state index in [-0.39, 0.29) is 5.41 Å². The highest BCUT2D eigenvalue weighted by molar-refractivity contribution is 5.71. The summed E-state index contributed by atoms with van der Waals surface area (Å²) in [5.41, 5.74) is 5.49. The third kappa shape index (κ3) is 2.85. The molecule has 2 rings (SSSR count). The van der Waals surface area contributed by atoms with Crippen LogP contribution >= 0.6 is 0 Å². The van der Waals surface area contributed by atoms with Gasteiger partial charge < -0.3 is 0 Å². The molecule has 0 aromatic heterocycles. The number of aryl methyl sites for hydroxylation is 1. The molecule has 1 heteroatoms. The van der Waals surface area contributed by atoms with E-state index in [0.717, 1.165) is 16.7 Å². The molecule has 0 radical (unpaired) electrons. The molecule has 2 aromatic carbocycles. The summed E-state index contributed by atoms with van der Waals surface area (Å²) in [4.78, 5) is 0. The second kappa shape index (κ2) is 4.90. The Morgan fingerprint density at radius 2 is 1.58 bits per heavy atom. The summed E-state index contributed by atoms with van der Waals surface area (Å²) < 4.78 is 0. The Hall–Kier alpha value is -2.07. The fraction of sp³-hybridized carbons (Fsp3) is 0.278. The first kappa shape index (κ1) is 13.4. The van der Waals surface area contributed by atoms with Crippen molar-refractivity contribution in [1.82, 2.24) is 0 Å². The standard InChI is InChI=1S/C18H19N/c1-13-5-6-15(12-19)17(11-13)14-7-9-16(10-8-14)18(2,3)4/h5-11H,1-4H3. The molecule has 0 aliphatic carbocycles. The van der Waals surface area contributed by atoms with Crippen molar-refractivity contribution in [3.05, 3.63) is 59.2 Å². The SMILES string of the molecule is Cc1ccc(C#N)c(-c2ccc(C(C)(C)C)cc2)c1. The van der Waals surface area contributed by atoms with E-state index in [4.69, 9.17) is 0 Å². The molecule has 0 amide bonds. The van der Waals surface area contributed by atoms with Crippen LogP contribution in [0, 0.1) is 18.3 Å². The fourth-order valence-electron chi connectivity index (χ4n) is 2.14. The van der Waals surface area contributed by atoms with Gasteiger partial charge in [0.25, 0.3) is 0 Å². The van der Waals surface area contributed by atoms with Crippen LogP contribution < -0.4 is 0 Å². The van der Waals surface area contributed by atoms with Crippen LogP contribution in [0.2, 0.25) is 0 Å². The van der Waals surface area contributed by atoms with Crippen molar-refractivity contribution >= 4 is 0 Å². The number of rotatable bonds is 1. The minimum absolute atomic E-state index is 0.156. The monoisotopic (exact) mass is 249 g/mol. The van der Waals surface area contributed by atoms with E-state index >= 15 is 0 Å². The summed E-state index contributed by atoms with van der Waals surface area (Å²) in [6, 6.07) is 16.7. The van der Waals surface area contributed by atoms with Gasteiger partial charge in [-0.15, -0.1) is 0 Å². The molecular formula is C18H19N. The fourth-order valence-corrected chi connectivity index (χ4v) is 2.14. The van der Waals surface area contributed by atoms with Gasteiger partial charge in [-0.3, -0.25) is 0 Å². The molecule has 0 unspecified atom stereocenters. The molecule has 19 heavy (non-hydrogen) atoms. The maximum Gasteiger partial charge on any atom is 0.0998 e. The third-order valence-corrected chi connectivity index (χ3v) is 3.36. The van der Waals surface area contributed by atoms with Gasteiger partial charge >= 0.3 is 0 Å². The molecule has 96 valence electrons. The predicted octanol–water partition coefficient (Wildman–Crippen LogP) is 4.83. The summed E-state index contributed by atoms with van der Waals surface area (Å²) >= 11 is 0. The molecule has 0 N–H and O–H groups in total. The Morgan fingerprint density at radius 3 is 2.11 bits per heavy atom. The zero-order chi connectivity index (χ0) is 14.0. The van der Waals surface area contributed by atoms with Gasteiger partial charge in [-0.2, -0.15) is 5.26 Å². The van der Waals surface area contributed by atoms with Crippen LogP contribution in [-0.2, 0) is 5.41 Å². The van der Waals surface area contributed by atoms with Crippen LogP contribution in [0.3, 0.4) is 0 Å².